The number of rotatable bonds is 6. The maximum Gasteiger partial charge on any atom is 0.416 e. The molecule has 1 unspecified atom stereocenters. The van der Waals surface area contributed by atoms with Crippen LogP contribution in [0.3, 0.4) is 0 Å². The molecule has 1 atom stereocenters. The molecule has 0 N–H and O–H groups in total. The Balaban J connectivity index is 1.49. The first-order valence-electron chi connectivity index (χ1n) is 10.1. The van der Waals surface area contributed by atoms with Gasteiger partial charge in [0.1, 0.15) is 0 Å². The van der Waals surface area contributed by atoms with E-state index in [9.17, 15) is 13.2 Å². The molecule has 3 rings (SSSR count). The summed E-state index contributed by atoms with van der Waals surface area (Å²) in [4.78, 5) is 0. The lowest BCUT2D eigenvalue weighted by Gasteiger charge is -2.35. The lowest BCUT2D eigenvalue weighted by Crippen LogP contribution is -2.37. The van der Waals surface area contributed by atoms with Gasteiger partial charge in [0.2, 0.25) is 0 Å². The van der Waals surface area contributed by atoms with Crippen molar-refractivity contribution in [3.05, 3.63) is 41.5 Å². The van der Waals surface area contributed by atoms with Crippen molar-refractivity contribution in [1.82, 2.24) is 0 Å². The van der Waals surface area contributed by atoms with Crippen LogP contribution in [0.25, 0.3) is 5.57 Å². The highest BCUT2D eigenvalue weighted by Gasteiger charge is 2.31. The molecule has 0 spiro atoms. The van der Waals surface area contributed by atoms with E-state index in [1.165, 1.54) is 25.7 Å². The number of hydrogen-bond donors (Lipinski definition) is 0. The molecule has 0 saturated carbocycles. The second-order valence-electron chi connectivity index (χ2n) is 7.74. The highest BCUT2D eigenvalue weighted by Crippen LogP contribution is 2.36. The number of benzene rings is 1. The van der Waals surface area contributed by atoms with Crippen LogP contribution < -0.4 is 0 Å². The number of alkyl halides is 3. The second kappa shape index (κ2) is 9.24. The number of halogens is 3. The quantitative estimate of drug-likeness (QED) is 0.526. The van der Waals surface area contributed by atoms with Gasteiger partial charge in [0.25, 0.3) is 0 Å². The predicted molar refractivity (Wildman–Crippen MR) is 100 cm³/mol. The molecule has 0 aromatic heterocycles. The first-order valence-corrected chi connectivity index (χ1v) is 10.1. The summed E-state index contributed by atoms with van der Waals surface area (Å²) in [7, 11) is 0. The monoisotopic (exact) mass is 382 g/mol. The standard InChI is InChI=1S/C22H29F3O2/c1-2-3-4-5-16-14-26-21(27-15-16)19-8-6-17(7-9-19)18-10-12-20(13-11-18)22(23,24)25/h6,10-13,16,19,21H,2-5,7-9,14-15H2,1H3. The maximum atomic E-state index is 12.7. The normalized spacial score (nSPS) is 26.7. The van der Waals surface area contributed by atoms with Crippen LogP contribution in [0.15, 0.2) is 30.3 Å². The zero-order valence-electron chi connectivity index (χ0n) is 15.9. The molecule has 1 heterocycles. The van der Waals surface area contributed by atoms with Crippen molar-refractivity contribution in [1.29, 1.82) is 0 Å². The van der Waals surface area contributed by atoms with Crippen LogP contribution in [-0.2, 0) is 15.7 Å². The zero-order chi connectivity index (χ0) is 19.3. The van der Waals surface area contributed by atoms with Crippen LogP contribution in [0.1, 0.15) is 63.0 Å². The topological polar surface area (TPSA) is 18.5 Å². The molecule has 0 amide bonds. The lowest BCUT2D eigenvalue weighted by atomic mass is 9.85. The molecule has 150 valence electrons. The highest BCUT2D eigenvalue weighted by molar-refractivity contribution is 5.66. The molecule has 0 radical (unpaired) electrons. The van der Waals surface area contributed by atoms with E-state index >= 15 is 0 Å². The summed E-state index contributed by atoms with van der Waals surface area (Å²) in [5.41, 5.74) is 1.40. The second-order valence-corrected chi connectivity index (χ2v) is 7.74. The number of unbranched alkanes of at least 4 members (excludes halogenated alkanes) is 2. The molecule has 1 saturated heterocycles. The minimum absolute atomic E-state index is 0.141. The average Bonchev–Trinajstić information content (AvgIpc) is 2.68. The summed E-state index contributed by atoms with van der Waals surface area (Å²) in [6.45, 7) is 3.76. The summed E-state index contributed by atoms with van der Waals surface area (Å²) in [5, 5.41) is 0. The fraction of sp³-hybridized carbons (Fsp3) is 0.636. The van der Waals surface area contributed by atoms with Crippen molar-refractivity contribution in [2.24, 2.45) is 11.8 Å². The smallest absolute Gasteiger partial charge is 0.352 e. The first kappa shape index (κ1) is 20.4. The van der Waals surface area contributed by atoms with Crippen molar-refractivity contribution in [2.45, 2.75) is 64.3 Å². The third kappa shape index (κ3) is 5.58. The molecule has 1 fully saturated rings. The van der Waals surface area contributed by atoms with Gasteiger partial charge in [-0.2, -0.15) is 13.2 Å². The van der Waals surface area contributed by atoms with Crippen molar-refractivity contribution < 1.29 is 22.6 Å². The van der Waals surface area contributed by atoms with Gasteiger partial charge in [-0.25, -0.2) is 0 Å². The van der Waals surface area contributed by atoms with Gasteiger partial charge in [-0.1, -0.05) is 44.4 Å². The van der Waals surface area contributed by atoms with E-state index in [1.54, 1.807) is 12.1 Å². The molecular weight excluding hydrogens is 353 g/mol. The summed E-state index contributed by atoms with van der Waals surface area (Å²) in [6, 6.07) is 5.47. The largest absolute Gasteiger partial charge is 0.416 e. The third-order valence-corrected chi connectivity index (χ3v) is 5.63. The van der Waals surface area contributed by atoms with Gasteiger partial charge >= 0.3 is 6.18 Å². The Morgan fingerprint density at radius 1 is 1.04 bits per heavy atom. The van der Waals surface area contributed by atoms with Crippen molar-refractivity contribution in [3.8, 4) is 0 Å². The summed E-state index contributed by atoms with van der Waals surface area (Å²) < 4.78 is 50.0. The Morgan fingerprint density at radius 3 is 2.30 bits per heavy atom. The Kier molecular flexibility index (Phi) is 6.99. The lowest BCUT2D eigenvalue weighted by molar-refractivity contribution is -0.225. The molecule has 27 heavy (non-hydrogen) atoms. The zero-order valence-corrected chi connectivity index (χ0v) is 15.9. The first-order chi connectivity index (χ1) is 13.0. The fourth-order valence-electron chi connectivity index (χ4n) is 3.92. The van der Waals surface area contributed by atoms with Gasteiger partial charge in [0.05, 0.1) is 18.8 Å². The van der Waals surface area contributed by atoms with Crippen LogP contribution in [0.5, 0.6) is 0 Å². The minimum atomic E-state index is -4.28. The minimum Gasteiger partial charge on any atom is -0.352 e. The number of allylic oxidation sites excluding steroid dienone is 2. The van der Waals surface area contributed by atoms with Crippen LogP contribution >= 0.6 is 0 Å². The molecule has 1 aliphatic heterocycles. The van der Waals surface area contributed by atoms with E-state index in [4.69, 9.17) is 9.47 Å². The van der Waals surface area contributed by atoms with Crippen LogP contribution in [0.4, 0.5) is 13.2 Å². The fourth-order valence-corrected chi connectivity index (χ4v) is 3.92. The summed E-state index contributed by atoms with van der Waals surface area (Å²) in [6.07, 6.45) is 5.25. The summed E-state index contributed by atoms with van der Waals surface area (Å²) in [5.74, 6) is 0.842. The Bertz CT molecular complexity index is 613. The molecule has 2 nitrogen and oxygen atoms in total. The molecule has 2 aliphatic rings. The maximum absolute atomic E-state index is 12.7. The van der Waals surface area contributed by atoms with Crippen LogP contribution in [0.2, 0.25) is 0 Å². The van der Waals surface area contributed by atoms with Gasteiger partial charge < -0.3 is 9.47 Å². The van der Waals surface area contributed by atoms with E-state index in [0.717, 1.165) is 55.7 Å². The molecule has 5 heteroatoms. The van der Waals surface area contributed by atoms with Gasteiger partial charge in [-0.15, -0.1) is 0 Å². The van der Waals surface area contributed by atoms with E-state index in [1.807, 2.05) is 0 Å². The third-order valence-electron chi connectivity index (χ3n) is 5.63. The Hall–Kier alpha value is -1.33. The molecular formula is C22H29F3O2. The molecule has 1 aromatic carbocycles. The predicted octanol–water partition coefficient (Wildman–Crippen LogP) is 6.46. The summed E-state index contributed by atoms with van der Waals surface area (Å²) >= 11 is 0. The average molecular weight is 382 g/mol. The van der Waals surface area contributed by atoms with Crippen LogP contribution in [0, 0.1) is 11.8 Å². The van der Waals surface area contributed by atoms with Crippen molar-refractivity contribution in [3.63, 3.8) is 0 Å². The van der Waals surface area contributed by atoms with Gasteiger partial charge in [0, 0.05) is 11.8 Å². The SMILES string of the molecule is CCCCCC1COC(C2CC=C(c3ccc(C(F)(F)F)cc3)CC2)OC1. The van der Waals surface area contributed by atoms with E-state index < -0.39 is 11.7 Å². The van der Waals surface area contributed by atoms with Crippen molar-refractivity contribution >= 4 is 5.57 Å². The van der Waals surface area contributed by atoms with E-state index in [-0.39, 0.29) is 6.29 Å². The molecule has 1 aromatic rings. The van der Waals surface area contributed by atoms with Gasteiger partial charge in [-0.3, -0.25) is 0 Å². The van der Waals surface area contributed by atoms with Crippen molar-refractivity contribution in [2.75, 3.05) is 13.2 Å². The van der Waals surface area contributed by atoms with Gasteiger partial charge in [0.15, 0.2) is 6.29 Å². The number of ether oxygens (including phenoxy) is 2. The number of hydrogen-bond acceptors (Lipinski definition) is 2. The van der Waals surface area contributed by atoms with E-state index in [2.05, 4.69) is 13.0 Å². The Labute approximate surface area is 159 Å². The highest BCUT2D eigenvalue weighted by atomic mass is 19.4. The van der Waals surface area contributed by atoms with E-state index in [0.29, 0.717) is 11.8 Å². The Morgan fingerprint density at radius 2 is 1.74 bits per heavy atom. The molecule has 1 aliphatic carbocycles. The van der Waals surface area contributed by atoms with Gasteiger partial charge in [-0.05, 0) is 49.0 Å². The van der Waals surface area contributed by atoms with Crippen LogP contribution in [-0.4, -0.2) is 19.5 Å². The molecule has 0 bridgehead atoms.